The van der Waals surface area contributed by atoms with Crippen molar-refractivity contribution in [2.24, 2.45) is 0 Å². The molecule has 0 fully saturated rings. The summed E-state index contributed by atoms with van der Waals surface area (Å²) in [5, 5.41) is 0. The standard InChI is InChI=1S/C17H21NO5S/c1-3-22-17-7-5-4-6-16(17)18-24(19,20)13-12-23-15-10-8-14(21-2)9-11-15/h4-11,18H,3,12-13H2,1-2H3. The van der Waals surface area contributed by atoms with E-state index in [9.17, 15) is 8.42 Å². The van der Waals surface area contributed by atoms with Gasteiger partial charge in [-0.1, -0.05) is 12.1 Å². The van der Waals surface area contributed by atoms with Gasteiger partial charge in [0.2, 0.25) is 10.0 Å². The largest absolute Gasteiger partial charge is 0.497 e. The maximum absolute atomic E-state index is 12.2. The SMILES string of the molecule is CCOc1ccccc1NS(=O)(=O)CCOc1ccc(OC)cc1. The third kappa shape index (κ3) is 5.34. The Bertz CT molecular complexity index is 744. The second kappa shape index (κ2) is 8.44. The van der Waals surface area contributed by atoms with Crippen LogP contribution >= 0.6 is 0 Å². The summed E-state index contributed by atoms with van der Waals surface area (Å²) in [5.41, 5.74) is 0.420. The van der Waals surface area contributed by atoms with Gasteiger partial charge in [-0.25, -0.2) is 8.42 Å². The van der Waals surface area contributed by atoms with Crippen LogP contribution in [0.15, 0.2) is 48.5 Å². The molecule has 0 aliphatic rings. The Labute approximate surface area is 142 Å². The van der Waals surface area contributed by atoms with E-state index in [1.54, 1.807) is 55.6 Å². The Morgan fingerprint density at radius 3 is 2.29 bits per heavy atom. The minimum Gasteiger partial charge on any atom is -0.497 e. The van der Waals surface area contributed by atoms with Crippen molar-refractivity contribution in [3.63, 3.8) is 0 Å². The number of hydrogen-bond donors (Lipinski definition) is 1. The highest BCUT2D eigenvalue weighted by molar-refractivity contribution is 7.92. The average molecular weight is 351 g/mol. The van der Waals surface area contributed by atoms with Gasteiger partial charge < -0.3 is 14.2 Å². The number of rotatable bonds is 9. The summed E-state index contributed by atoms with van der Waals surface area (Å²) in [6, 6.07) is 13.9. The third-order valence-corrected chi connectivity index (χ3v) is 4.37. The number of benzene rings is 2. The van der Waals surface area contributed by atoms with E-state index in [1.165, 1.54) is 0 Å². The highest BCUT2D eigenvalue weighted by atomic mass is 32.2. The van der Waals surface area contributed by atoms with Crippen LogP contribution in [0.4, 0.5) is 5.69 Å². The van der Waals surface area contributed by atoms with Crippen molar-refractivity contribution < 1.29 is 22.6 Å². The van der Waals surface area contributed by atoms with Crippen LogP contribution in [-0.4, -0.2) is 34.5 Å². The number of sulfonamides is 1. The van der Waals surface area contributed by atoms with E-state index in [2.05, 4.69) is 4.72 Å². The Morgan fingerprint density at radius 2 is 1.62 bits per heavy atom. The van der Waals surface area contributed by atoms with Gasteiger partial charge in [0.05, 0.1) is 19.4 Å². The summed E-state index contributed by atoms with van der Waals surface area (Å²) < 4.78 is 42.8. The molecule has 0 aliphatic heterocycles. The summed E-state index contributed by atoms with van der Waals surface area (Å²) in [6.45, 7) is 2.34. The summed E-state index contributed by atoms with van der Waals surface area (Å²) in [5.74, 6) is 1.63. The van der Waals surface area contributed by atoms with Crippen LogP contribution < -0.4 is 18.9 Å². The van der Waals surface area contributed by atoms with Crippen LogP contribution in [-0.2, 0) is 10.0 Å². The fourth-order valence-corrected chi connectivity index (χ4v) is 2.90. The maximum atomic E-state index is 12.2. The Balaban J connectivity index is 1.91. The Kier molecular flexibility index (Phi) is 6.31. The lowest BCUT2D eigenvalue weighted by molar-refractivity contribution is 0.339. The maximum Gasteiger partial charge on any atom is 0.236 e. The Morgan fingerprint density at radius 1 is 0.958 bits per heavy atom. The van der Waals surface area contributed by atoms with Crippen molar-refractivity contribution in [1.82, 2.24) is 0 Å². The van der Waals surface area contributed by atoms with Crippen LogP contribution in [0.1, 0.15) is 6.92 Å². The summed E-state index contributed by atoms with van der Waals surface area (Å²) in [6.07, 6.45) is 0. The van der Waals surface area contributed by atoms with Crippen molar-refractivity contribution >= 4 is 15.7 Å². The van der Waals surface area contributed by atoms with E-state index >= 15 is 0 Å². The summed E-state index contributed by atoms with van der Waals surface area (Å²) >= 11 is 0. The lowest BCUT2D eigenvalue weighted by Gasteiger charge is -2.13. The van der Waals surface area contributed by atoms with E-state index in [1.807, 2.05) is 6.92 Å². The number of nitrogens with one attached hydrogen (secondary N) is 1. The normalized spacial score (nSPS) is 10.9. The zero-order chi connectivity index (χ0) is 17.4. The molecular weight excluding hydrogens is 330 g/mol. The van der Waals surface area contributed by atoms with Crippen LogP contribution in [0.25, 0.3) is 0 Å². The molecule has 7 heteroatoms. The Hall–Kier alpha value is -2.41. The molecule has 0 spiro atoms. The van der Waals surface area contributed by atoms with Gasteiger partial charge in [0.25, 0.3) is 0 Å². The third-order valence-electron chi connectivity index (χ3n) is 3.13. The molecule has 0 aliphatic carbocycles. The second-order valence-electron chi connectivity index (χ2n) is 4.87. The molecule has 2 rings (SSSR count). The van der Waals surface area contributed by atoms with E-state index in [0.29, 0.717) is 29.5 Å². The van der Waals surface area contributed by atoms with Gasteiger partial charge >= 0.3 is 0 Å². The molecule has 0 atom stereocenters. The first-order valence-corrected chi connectivity index (χ1v) is 9.18. The first-order valence-electron chi connectivity index (χ1n) is 7.53. The number of ether oxygens (including phenoxy) is 3. The van der Waals surface area contributed by atoms with Crippen LogP contribution in [0.5, 0.6) is 17.2 Å². The van der Waals surface area contributed by atoms with Crippen LogP contribution in [0.3, 0.4) is 0 Å². The fraction of sp³-hybridized carbons (Fsp3) is 0.294. The zero-order valence-electron chi connectivity index (χ0n) is 13.7. The molecule has 130 valence electrons. The lowest BCUT2D eigenvalue weighted by atomic mass is 10.3. The smallest absolute Gasteiger partial charge is 0.236 e. The van der Waals surface area contributed by atoms with Crippen molar-refractivity contribution in [2.45, 2.75) is 6.92 Å². The molecule has 0 aromatic heterocycles. The predicted molar refractivity (Wildman–Crippen MR) is 93.5 cm³/mol. The molecule has 0 saturated carbocycles. The van der Waals surface area contributed by atoms with Gasteiger partial charge in [0, 0.05) is 0 Å². The average Bonchev–Trinajstić information content (AvgIpc) is 2.57. The minimum absolute atomic E-state index is 0.0401. The van der Waals surface area contributed by atoms with Gasteiger partial charge in [0.15, 0.2) is 0 Å². The number of methoxy groups -OCH3 is 1. The molecule has 24 heavy (non-hydrogen) atoms. The van der Waals surface area contributed by atoms with E-state index in [4.69, 9.17) is 14.2 Å². The molecule has 0 unspecified atom stereocenters. The number of anilines is 1. The van der Waals surface area contributed by atoms with Crippen LogP contribution in [0.2, 0.25) is 0 Å². The highest BCUT2D eigenvalue weighted by Gasteiger charge is 2.13. The zero-order valence-corrected chi connectivity index (χ0v) is 14.5. The van der Waals surface area contributed by atoms with Gasteiger partial charge in [-0.15, -0.1) is 0 Å². The monoisotopic (exact) mass is 351 g/mol. The number of hydrogen-bond acceptors (Lipinski definition) is 5. The summed E-state index contributed by atoms with van der Waals surface area (Å²) in [4.78, 5) is 0. The second-order valence-corrected chi connectivity index (χ2v) is 6.72. The van der Waals surface area contributed by atoms with Crippen molar-refractivity contribution in [3.8, 4) is 17.2 Å². The van der Waals surface area contributed by atoms with Crippen LogP contribution in [0, 0.1) is 0 Å². The van der Waals surface area contributed by atoms with Gasteiger partial charge in [-0.2, -0.15) is 0 Å². The quantitative estimate of drug-likeness (QED) is 0.752. The first-order chi connectivity index (χ1) is 11.5. The van der Waals surface area contributed by atoms with Crippen molar-refractivity contribution in [3.05, 3.63) is 48.5 Å². The summed E-state index contributed by atoms with van der Waals surface area (Å²) in [7, 11) is -1.96. The topological polar surface area (TPSA) is 73.9 Å². The van der Waals surface area contributed by atoms with Gasteiger partial charge in [-0.3, -0.25) is 4.72 Å². The number of para-hydroxylation sites is 2. The molecule has 1 N–H and O–H groups in total. The highest BCUT2D eigenvalue weighted by Crippen LogP contribution is 2.24. The van der Waals surface area contributed by atoms with Crippen molar-refractivity contribution in [1.29, 1.82) is 0 Å². The molecule has 0 saturated heterocycles. The molecule has 0 radical (unpaired) electrons. The van der Waals surface area contributed by atoms with Crippen molar-refractivity contribution in [2.75, 3.05) is 30.8 Å². The minimum atomic E-state index is -3.54. The predicted octanol–water partition coefficient (Wildman–Crippen LogP) is 2.91. The molecule has 2 aromatic rings. The molecular formula is C17H21NO5S. The van der Waals surface area contributed by atoms with E-state index < -0.39 is 10.0 Å². The molecule has 0 heterocycles. The molecule has 0 bridgehead atoms. The fourth-order valence-electron chi connectivity index (χ4n) is 1.99. The molecule has 6 nitrogen and oxygen atoms in total. The van der Waals surface area contributed by atoms with Gasteiger partial charge in [0.1, 0.15) is 29.6 Å². The van der Waals surface area contributed by atoms with E-state index in [-0.39, 0.29) is 12.4 Å². The van der Waals surface area contributed by atoms with Gasteiger partial charge in [-0.05, 0) is 43.3 Å². The van der Waals surface area contributed by atoms with E-state index in [0.717, 1.165) is 0 Å². The molecule has 0 amide bonds. The first kappa shape index (κ1) is 17.9. The lowest BCUT2D eigenvalue weighted by Crippen LogP contribution is -2.21. The molecule has 2 aromatic carbocycles.